The number of hydrogen-bond donors (Lipinski definition) is 1. The highest BCUT2D eigenvalue weighted by atomic mass is 16.4. The maximum atomic E-state index is 10.3. The summed E-state index contributed by atoms with van der Waals surface area (Å²) in [6.45, 7) is 2.00. The molecule has 0 heterocycles. The van der Waals surface area contributed by atoms with Crippen LogP contribution in [0.3, 0.4) is 0 Å². The molecule has 1 aliphatic carbocycles. The summed E-state index contributed by atoms with van der Waals surface area (Å²) >= 11 is 0. The van der Waals surface area contributed by atoms with E-state index in [1.807, 2.05) is 31.2 Å². The van der Waals surface area contributed by atoms with E-state index in [1.54, 1.807) is 0 Å². The third kappa shape index (κ3) is 5.62. The van der Waals surface area contributed by atoms with Gasteiger partial charge < -0.3 is 5.11 Å². The molecule has 0 spiro atoms. The zero-order valence-corrected chi connectivity index (χ0v) is 10.8. The van der Waals surface area contributed by atoms with Gasteiger partial charge in [0.1, 0.15) is 5.78 Å². The van der Waals surface area contributed by atoms with E-state index in [4.69, 9.17) is 5.11 Å². The van der Waals surface area contributed by atoms with Gasteiger partial charge in [0.05, 0.1) is 0 Å². The highest BCUT2D eigenvalue weighted by molar-refractivity contribution is 5.80. The number of carbonyl (C=O) groups is 2. The Bertz CT molecular complexity index is 402. The van der Waals surface area contributed by atoms with Crippen molar-refractivity contribution in [3.63, 3.8) is 0 Å². The third-order valence-corrected chi connectivity index (χ3v) is 3.03. The van der Waals surface area contributed by atoms with Crippen molar-refractivity contribution in [2.24, 2.45) is 0 Å². The molecule has 2 rings (SSSR count). The summed E-state index contributed by atoms with van der Waals surface area (Å²) in [5.41, 5.74) is 2.29. The van der Waals surface area contributed by atoms with Crippen LogP contribution in [0.5, 0.6) is 0 Å². The molecule has 1 aromatic rings. The van der Waals surface area contributed by atoms with E-state index in [0.717, 1.165) is 31.2 Å². The van der Waals surface area contributed by atoms with E-state index >= 15 is 0 Å². The first kappa shape index (κ1) is 14.4. The van der Waals surface area contributed by atoms with Crippen LogP contribution in [0.1, 0.15) is 43.2 Å². The lowest BCUT2D eigenvalue weighted by Gasteiger charge is -2.01. The second kappa shape index (κ2) is 7.64. The van der Waals surface area contributed by atoms with E-state index in [9.17, 15) is 9.59 Å². The van der Waals surface area contributed by atoms with Gasteiger partial charge in [0.25, 0.3) is 0 Å². The number of rotatable bonds is 3. The van der Waals surface area contributed by atoms with Gasteiger partial charge in [-0.2, -0.15) is 0 Å². The summed E-state index contributed by atoms with van der Waals surface area (Å²) in [5.74, 6) is -0.284. The molecule has 3 nitrogen and oxygen atoms in total. The molecule has 98 valence electrons. The molecule has 0 saturated heterocycles. The number of ketones is 1. The Hall–Kier alpha value is -1.64. The van der Waals surface area contributed by atoms with Gasteiger partial charge in [-0.3, -0.25) is 9.59 Å². The number of aryl methyl sites for hydroxylation is 2. The van der Waals surface area contributed by atoms with E-state index in [1.165, 1.54) is 5.56 Å². The zero-order chi connectivity index (χ0) is 13.4. The number of Topliss-reactive ketones (excluding diaryl/α,β-unsaturated/α-hetero) is 1. The van der Waals surface area contributed by atoms with Crippen LogP contribution in [-0.4, -0.2) is 16.9 Å². The van der Waals surface area contributed by atoms with Crippen molar-refractivity contribution < 1.29 is 14.7 Å². The molecule has 0 radical (unpaired) electrons. The first-order valence-corrected chi connectivity index (χ1v) is 6.37. The number of carboxylic acid groups (broad SMARTS) is 1. The molecule has 0 aliphatic heterocycles. The lowest BCUT2D eigenvalue weighted by Crippen LogP contribution is -1.98. The lowest BCUT2D eigenvalue weighted by molar-refractivity contribution is -0.137. The summed E-state index contributed by atoms with van der Waals surface area (Å²) in [5, 5.41) is 8.47. The fourth-order valence-electron chi connectivity index (χ4n) is 1.90. The van der Waals surface area contributed by atoms with Crippen molar-refractivity contribution in [2.45, 2.75) is 45.4 Å². The largest absolute Gasteiger partial charge is 0.481 e. The van der Waals surface area contributed by atoms with Crippen molar-refractivity contribution in [1.29, 1.82) is 0 Å². The average Bonchev–Trinajstić information content (AvgIpc) is 2.80. The Balaban J connectivity index is 0.000000225. The third-order valence-electron chi connectivity index (χ3n) is 3.03. The SMILES string of the molecule is Cc1ccccc1CCC(=O)O.O=C1CCCC1. The van der Waals surface area contributed by atoms with E-state index < -0.39 is 5.97 Å². The summed E-state index contributed by atoms with van der Waals surface area (Å²) in [7, 11) is 0. The predicted octanol–water partition coefficient (Wildman–Crippen LogP) is 3.14. The first-order valence-electron chi connectivity index (χ1n) is 6.37. The molecule has 3 heteroatoms. The van der Waals surface area contributed by atoms with Gasteiger partial charge >= 0.3 is 5.97 Å². The van der Waals surface area contributed by atoms with Crippen LogP contribution in [0.15, 0.2) is 24.3 Å². The Labute approximate surface area is 108 Å². The second-order valence-electron chi connectivity index (χ2n) is 4.57. The highest BCUT2D eigenvalue weighted by Crippen LogP contribution is 2.11. The smallest absolute Gasteiger partial charge is 0.303 e. The Morgan fingerprint density at radius 2 is 1.83 bits per heavy atom. The van der Waals surface area contributed by atoms with Crippen molar-refractivity contribution in [1.82, 2.24) is 0 Å². The first-order chi connectivity index (χ1) is 8.59. The van der Waals surface area contributed by atoms with Gasteiger partial charge in [-0.15, -0.1) is 0 Å². The van der Waals surface area contributed by atoms with Crippen LogP contribution in [0, 0.1) is 6.92 Å². The summed E-state index contributed by atoms with van der Waals surface area (Å²) in [6, 6.07) is 7.86. The quantitative estimate of drug-likeness (QED) is 0.894. The van der Waals surface area contributed by atoms with Crippen molar-refractivity contribution in [2.75, 3.05) is 0 Å². The van der Waals surface area contributed by atoms with Crippen molar-refractivity contribution >= 4 is 11.8 Å². The number of aliphatic carboxylic acids is 1. The Morgan fingerprint density at radius 1 is 1.22 bits per heavy atom. The molecule has 0 atom stereocenters. The highest BCUT2D eigenvalue weighted by Gasteiger charge is 2.07. The van der Waals surface area contributed by atoms with Crippen LogP contribution in [0.4, 0.5) is 0 Å². The molecule has 18 heavy (non-hydrogen) atoms. The second-order valence-corrected chi connectivity index (χ2v) is 4.57. The maximum absolute atomic E-state index is 10.3. The monoisotopic (exact) mass is 248 g/mol. The molecule has 1 N–H and O–H groups in total. The van der Waals surface area contributed by atoms with Gasteiger partial charge in [0, 0.05) is 19.3 Å². The van der Waals surface area contributed by atoms with Crippen molar-refractivity contribution in [3.05, 3.63) is 35.4 Å². The molecule has 1 aliphatic rings. The molecular formula is C15H20O3. The molecule has 0 unspecified atom stereocenters. The van der Waals surface area contributed by atoms with Crippen LogP contribution < -0.4 is 0 Å². The molecule has 1 saturated carbocycles. The molecule has 0 aromatic heterocycles. The Kier molecular flexibility index (Phi) is 6.12. The average molecular weight is 248 g/mol. The molecular weight excluding hydrogens is 228 g/mol. The van der Waals surface area contributed by atoms with Gasteiger partial charge in [-0.25, -0.2) is 0 Å². The number of benzene rings is 1. The van der Waals surface area contributed by atoms with E-state index in [2.05, 4.69) is 0 Å². The molecule has 0 amide bonds. The molecule has 1 aromatic carbocycles. The van der Waals surface area contributed by atoms with Crippen molar-refractivity contribution in [3.8, 4) is 0 Å². The number of hydrogen-bond acceptors (Lipinski definition) is 2. The van der Waals surface area contributed by atoms with Crippen LogP contribution in [-0.2, 0) is 16.0 Å². The Morgan fingerprint density at radius 3 is 2.28 bits per heavy atom. The summed E-state index contributed by atoms with van der Waals surface area (Å²) in [6.07, 6.45) is 4.81. The molecule has 1 fully saturated rings. The standard InChI is InChI=1S/C10H12O2.C5H8O/c1-8-4-2-3-5-9(8)6-7-10(11)12;6-5-3-1-2-4-5/h2-5H,6-7H2,1H3,(H,11,12);1-4H2. The van der Waals surface area contributed by atoms with Gasteiger partial charge in [-0.1, -0.05) is 24.3 Å². The normalized spacial score (nSPS) is 13.9. The van der Waals surface area contributed by atoms with Crippen LogP contribution >= 0.6 is 0 Å². The van der Waals surface area contributed by atoms with Crippen LogP contribution in [0.25, 0.3) is 0 Å². The molecule has 0 bridgehead atoms. The minimum absolute atomic E-state index is 0.213. The fourth-order valence-corrected chi connectivity index (χ4v) is 1.90. The zero-order valence-electron chi connectivity index (χ0n) is 10.8. The predicted molar refractivity (Wildman–Crippen MR) is 70.6 cm³/mol. The van der Waals surface area contributed by atoms with Crippen LogP contribution in [0.2, 0.25) is 0 Å². The lowest BCUT2D eigenvalue weighted by atomic mass is 10.0. The fraction of sp³-hybridized carbons (Fsp3) is 0.467. The van der Waals surface area contributed by atoms with E-state index in [-0.39, 0.29) is 6.42 Å². The minimum Gasteiger partial charge on any atom is -0.481 e. The topological polar surface area (TPSA) is 54.4 Å². The number of carbonyl (C=O) groups excluding carboxylic acids is 1. The summed E-state index contributed by atoms with van der Waals surface area (Å²) in [4.78, 5) is 20.5. The summed E-state index contributed by atoms with van der Waals surface area (Å²) < 4.78 is 0. The number of carboxylic acids is 1. The van der Waals surface area contributed by atoms with Gasteiger partial charge in [-0.05, 0) is 37.3 Å². The van der Waals surface area contributed by atoms with E-state index in [0.29, 0.717) is 12.2 Å². The maximum Gasteiger partial charge on any atom is 0.303 e. The van der Waals surface area contributed by atoms with Gasteiger partial charge in [0.15, 0.2) is 0 Å². The van der Waals surface area contributed by atoms with Gasteiger partial charge in [0.2, 0.25) is 0 Å². The minimum atomic E-state index is -0.738.